The van der Waals surface area contributed by atoms with E-state index in [1.54, 1.807) is 18.0 Å². The van der Waals surface area contributed by atoms with Crippen molar-refractivity contribution in [2.24, 2.45) is 5.92 Å². The van der Waals surface area contributed by atoms with Crippen LogP contribution in [0.25, 0.3) is 0 Å². The number of aliphatic hydroxyl groups is 1. The van der Waals surface area contributed by atoms with Crippen molar-refractivity contribution in [3.63, 3.8) is 0 Å². The molecular formula is C20H30FNO4Si. The van der Waals surface area contributed by atoms with Crippen LogP contribution in [0.2, 0.25) is 18.6 Å². The Labute approximate surface area is 161 Å². The summed E-state index contributed by atoms with van der Waals surface area (Å²) in [5, 5.41) is 9.32. The van der Waals surface area contributed by atoms with Gasteiger partial charge >= 0.3 is 6.09 Å². The molecule has 1 aromatic rings. The topological polar surface area (TPSA) is 59.0 Å². The first-order chi connectivity index (χ1) is 12.8. The third-order valence-corrected chi connectivity index (χ3v) is 8.29. The summed E-state index contributed by atoms with van der Waals surface area (Å²) in [6.07, 6.45) is 1.61. The van der Waals surface area contributed by atoms with Crippen molar-refractivity contribution in [1.82, 2.24) is 0 Å². The fourth-order valence-electron chi connectivity index (χ4n) is 4.59. The molecule has 2 saturated heterocycles. The number of nitrogens with zero attached hydrogens (tertiary/aromatic N) is 1. The van der Waals surface area contributed by atoms with E-state index in [0.717, 1.165) is 24.1 Å². The molecule has 27 heavy (non-hydrogen) atoms. The van der Waals surface area contributed by atoms with Gasteiger partial charge in [-0.05, 0) is 56.0 Å². The number of hydrogen-bond acceptors (Lipinski definition) is 4. The van der Waals surface area contributed by atoms with Gasteiger partial charge in [-0.3, -0.25) is 4.90 Å². The maximum Gasteiger partial charge on any atom is 0.414 e. The summed E-state index contributed by atoms with van der Waals surface area (Å²) in [5.74, 6) is 0.143. The Morgan fingerprint density at radius 1 is 1.30 bits per heavy atom. The van der Waals surface area contributed by atoms with Gasteiger partial charge in [0.1, 0.15) is 6.61 Å². The average molecular weight is 396 g/mol. The van der Waals surface area contributed by atoms with Crippen molar-refractivity contribution in [3.8, 4) is 0 Å². The minimum Gasteiger partial charge on any atom is -0.447 e. The average Bonchev–Trinajstić information content (AvgIpc) is 3.16. The van der Waals surface area contributed by atoms with Crippen LogP contribution in [0.5, 0.6) is 0 Å². The van der Waals surface area contributed by atoms with Crippen LogP contribution < -0.4 is 4.90 Å². The van der Waals surface area contributed by atoms with E-state index in [1.165, 1.54) is 0 Å². The Morgan fingerprint density at radius 2 is 2.07 bits per heavy atom. The molecular weight excluding hydrogens is 365 g/mol. The van der Waals surface area contributed by atoms with Gasteiger partial charge in [-0.2, -0.15) is 0 Å². The molecule has 0 radical (unpaired) electrons. The summed E-state index contributed by atoms with van der Waals surface area (Å²) in [6, 6.07) is 7.92. The fraction of sp³-hybridized carbons (Fsp3) is 0.650. The predicted molar refractivity (Wildman–Crippen MR) is 105 cm³/mol. The van der Waals surface area contributed by atoms with Crippen LogP contribution >= 0.6 is 0 Å². The van der Waals surface area contributed by atoms with Crippen LogP contribution in [-0.2, 0) is 15.9 Å². The van der Waals surface area contributed by atoms with Crippen LogP contribution in [0.3, 0.4) is 0 Å². The van der Waals surface area contributed by atoms with Gasteiger partial charge in [-0.15, -0.1) is 0 Å². The van der Waals surface area contributed by atoms with E-state index in [0.29, 0.717) is 19.6 Å². The summed E-state index contributed by atoms with van der Waals surface area (Å²) in [5.41, 5.74) is 1.89. The van der Waals surface area contributed by atoms with Gasteiger partial charge in [0.15, 0.2) is 0 Å². The minimum absolute atomic E-state index is 0.00511. The number of anilines is 1. The zero-order chi connectivity index (χ0) is 19.6. The molecule has 1 amide bonds. The number of hydrogen-bond donors (Lipinski definition) is 1. The summed E-state index contributed by atoms with van der Waals surface area (Å²) in [7, 11) is -2.87. The van der Waals surface area contributed by atoms with Gasteiger partial charge in [-0.1, -0.05) is 19.1 Å². The van der Waals surface area contributed by atoms with Crippen molar-refractivity contribution in [2.45, 2.75) is 57.0 Å². The molecule has 0 spiro atoms. The van der Waals surface area contributed by atoms with E-state index >= 15 is 0 Å². The number of aryl methyl sites for hydroxylation is 1. The molecule has 0 aromatic heterocycles. The molecule has 2 aliphatic heterocycles. The standard InChI is InChI=1S/C20H30FNO4Si/c1-14-17(26-18(9-11-23)19(14)27(2,3)21)8-7-15-5-4-6-16(13-15)22-10-12-25-20(22)24/h4-6,13-14,17-19,23H,7-12H2,1-3H3/t14-,17+,18-,19+/m0/s1. The maximum atomic E-state index is 14.8. The molecule has 1 aromatic carbocycles. The number of benzene rings is 1. The van der Waals surface area contributed by atoms with Crippen molar-refractivity contribution < 1.29 is 23.5 Å². The van der Waals surface area contributed by atoms with Crippen LogP contribution in [0, 0.1) is 5.92 Å². The van der Waals surface area contributed by atoms with Gasteiger partial charge in [0, 0.05) is 17.8 Å². The Bertz CT molecular complexity index is 666. The first-order valence-corrected chi connectivity index (χ1v) is 12.7. The summed E-state index contributed by atoms with van der Waals surface area (Å²) >= 11 is 0. The first kappa shape index (κ1) is 20.3. The van der Waals surface area contributed by atoms with Gasteiger partial charge in [0.05, 0.1) is 18.8 Å². The lowest BCUT2D eigenvalue weighted by Gasteiger charge is -2.28. The lowest BCUT2D eigenvalue weighted by Crippen LogP contribution is -2.36. The number of carbonyl (C=O) groups excluding carboxylic acids is 1. The highest BCUT2D eigenvalue weighted by Crippen LogP contribution is 2.46. The predicted octanol–water partition coefficient (Wildman–Crippen LogP) is 3.91. The number of aliphatic hydroxyl groups excluding tert-OH is 1. The number of cyclic esters (lactones) is 1. The largest absolute Gasteiger partial charge is 0.447 e. The Hall–Kier alpha value is -1.44. The SMILES string of the molecule is C[C@@H]1[C@@H]([Si](C)(C)F)[C@H](CCO)O[C@@H]1CCc1cccc(N2CCOC2=O)c1. The van der Waals surface area contributed by atoms with Crippen molar-refractivity contribution in [2.75, 3.05) is 24.7 Å². The van der Waals surface area contributed by atoms with Crippen LogP contribution in [0.4, 0.5) is 14.6 Å². The Balaban J connectivity index is 1.65. The molecule has 2 heterocycles. The van der Waals surface area contributed by atoms with Crippen LogP contribution in [0.15, 0.2) is 24.3 Å². The number of amides is 1. The van der Waals surface area contributed by atoms with Gasteiger partial charge in [0.2, 0.25) is 8.41 Å². The summed E-state index contributed by atoms with van der Waals surface area (Å²) in [4.78, 5) is 13.4. The number of rotatable bonds is 7. The van der Waals surface area contributed by atoms with Crippen molar-refractivity contribution >= 4 is 20.2 Å². The van der Waals surface area contributed by atoms with E-state index in [1.807, 2.05) is 24.3 Å². The highest BCUT2D eigenvalue weighted by molar-refractivity contribution is 6.72. The van der Waals surface area contributed by atoms with Crippen LogP contribution in [0.1, 0.15) is 25.3 Å². The maximum absolute atomic E-state index is 14.8. The molecule has 2 fully saturated rings. The molecule has 0 saturated carbocycles. The van der Waals surface area contributed by atoms with E-state index in [4.69, 9.17) is 9.47 Å². The van der Waals surface area contributed by atoms with E-state index in [-0.39, 0.29) is 36.4 Å². The van der Waals surface area contributed by atoms with E-state index < -0.39 is 8.41 Å². The third-order valence-electron chi connectivity index (χ3n) is 5.81. The second kappa shape index (κ2) is 8.28. The molecule has 0 unspecified atom stereocenters. The molecule has 0 aliphatic carbocycles. The molecule has 150 valence electrons. The first-order valence-electron chi connectivity index (χ1n) is 9.79. The molecule has 5 nitrogen and oxygen atoms in total. The van der Waals surface area contributed by atoms with Crippen molar-refractivity contribution in [3.05, 3.63) is 29.8 Å². The molecule has 1 N–H and O–H groups in total. The fourth-order valence-corrected chi connectivity index (χ4v) is 7.19. The smallest absolute Gasteiger partial charge is 0.414 e. The van der Waals surface area contributed by atoms with Crippen LogP contribution in [-0.4, -0.2) is 51.6 Å². The molecule has 3 rings (SSSR count). The number of halogens is 1. The summed E-state index contributed by atoms with van der Waals surface area (Å²) < 4.78 is 26.0. The third kappa shape index (κ3) is 4.52. The molecule has 2 aliphatic rings. The van der Waals surface area contributed by atoms with Gasteiger partial charge in [-0.25, -0.2) is 4.79 Å². The normalized spacial score (nSPS) is 28.6. The minimum atomic E-state index is -2.87. The van der Waals surface area contributed by atoms with Gasteiger partial charge in [0.25, 0.3) is 0 Å². The lowest BCUT2D eigenvalue weighted by atomic mass is 9.95. The quantitative estimate of drug-likeness (QED) is 0.562. The summed E-state index contributed by atoms with van der Waals surface area (Å²) in [6.45, 7) is 6.58. The zero-order valence-electron chi connectivity index (χ0n) is 16.4. The second-order valence-electron chi connectivity index (χ2n) is 8.15. The molecule has 7 heteroatoms. The van der Waals surface area contributed by atoms with E-state index in [9.17, 15) is 14.0 Å². The van der Waals surface area contributed by atoms with E-state index in [2.05, 4.69) is 6.92 Å². The number of ether oxygens (including phenoxy) is 2. The highest BCUT2D eigenvalue weighted by Gasteiger charge is 2.50. The monoisotopic (exact) mass is 395 g/mol. The van der Waals surface area contributed by atoms with Crippen molar-refractivity contribution in [1.29, 1.82) is 0 Å². The Kier molecular flexibility index (Phi) is 6.23. The van der Waals surface area contributed by atoms with Gasteiger partial charge < -0.3 is 18.7 Å². The second-order valence-corrected chi connectivity index (χ2v) is 11.9. The zero-order valence-corrected chi connectivity index (χ0v) is 17.4. The molecule has 4 atom stereocenters. The highest BCUT2D eigenvalue weighted by atomic mass is 28.4. The lowest BCUT2D eigenvalue weighted by molar-refractivity contribution is 0.0193. The number of carbonyl (C=O) groups is 1. The molecule has 0 bridgehead atoms. The Morgan fingerprint density at radius 3 is 2.70 bits per heavy atom.